The number of piperazine rings is 1. The van der Waals surface area contributed by atoms with Gasteiger partial charge in [0.1, 0.15) is 12.1 Å². The van der Waals surface area contributed by atoms with E-state index in [1.54, 1.807) is 34.1 Å². The number of nitrogens with one attached hydrogen (secondary N) is 1. The molecule has 3 aromatic rings. The number of amides is 2. The number of nitrogens with zero attached hydrogens (tertiary/aromatic N) is 6. The summed E-state index contributed by atoms with van der Waals surface area (Å²) in [6.45, 7) is 3.05. The van der Waals surface area contributed by atoms with Gasteiger partial charge in [0.2, 0.25) is 0 Å². The first-order valence-electron chi connectivity index (χ1n) is 8.37. The maximum atomic E-state index is 12.9. The zero-order chi connectivity index (χ0) is 17.9. The zero-order valence-corrected chi connectivity index (χ0v) is 14.0. The Bertz CT molecular complexity index is 903. The van der Waals surface area contributed by atoms with Gasteiger partial charge in [0.25, 0.3) is 0 Å². The van der Waals surface area contributed by atoms with E-state index in [1.807, 2.05) is 6.07 Å². The molecule has 0 bridgehead atoms. The van der Waals surface area contributed by atoms with E-state index in [-0.39, 0.29) is 11.8 Å². The van der Waals surface area contributed by atoms with Crippen LogP contribution in [0.4, 0.5) is 14.9 Å². The van der Waals surface area contributed by atoms with Crippen LogP contribution in [0.5, 0.6) is 0 Å². The third-order valence-corrected chi connectivity index (χ3v) is 4.44. The molecule has 1 aliphatic heterocycles. The Morgan fingerprint density at radius 3 is 2.69 bits per heavy atom. The maximum Gasteiger partial charge on any atom is 0.317 e. The smallest absolute Gasteiger partial charge is 0.317 e. The lowest BCUT2D eigenvalue weighted by molar-refractivity contribution is 0.194. The molecule has 0 aliphatic carbocycles. The number of benzene rings is 1. The van der Waals surface area contributed by atoms with Gasteiger partial charge in [0, 0.05) is 38.8 Å². The van der Waals surface area contributed by atoms with E-state index in [0.29, 0.717) is 25.3 Å². The van der Waals surface area contributed by atoms with Crippen LogP contribution in [0.2, 0.25) is 0 Å². The molecule has 1 aromatic carbocycles. The topological polar surface area (TPSA) is 78.7 Å². The molecule has 8 nitrogen and oxygen atoms in total. The number of aromatic nitrogens is 4. The molecule has 0 spiro atoms. The fraction of sp³-hybridized carbons (Fsp3) is 0.294. The van der Waals surface area contributed by atoms with Gasteiger partial charge in [-0.1, -0.05) is 12.1 Å². The fourth-order valence-corrected chi connectivity index (χ4v) is 2.95. The number of hydrogen-bond acceptors (Lipinski definition) is 5. The lowest BCUT2D eigenvalue weighted by Gasteiger charge is -2.35. The number of carbonyl (C=O) groups is 1. The maximum absolute atomic E-state index is 12.9. The predicted molar refractivity (Wildman–Crippen MR) is 93.2 cm³/mol. The van der Waals surface area contributed by atoms with E-state index in [9.17, 15) is 9.18 Å². The number of hydrogen-bond donors (Lipinski definition) is 1. The molecule has 0 saturated carbocycles. The van der Waals surface area contributed by atoms with Crippen LogP contribution in [-0.2, 0) is 6.54 Å². The summed E-state index contributed by atoms with van der Waals surface area (Å²) in [6.07, 6.45) is 3.34. The highest BCUT2D eigenvalue weighted by Crippen LogP contribution is 2.16. The molecule has 26 heavy (non-hydrogen) atoms. The van der Waals surface area contributed by atoms with Crippen LogP contribution < -0.4 is 10.2 Å². The standard InChI is InChI=1S/C17H18FN7O/c18-14-3-1-13(2-4-14)10-19-17(26)24-7-5-23(6-8-24)15-9-16-22-20-12-25(16)21-11-15/h1-4,9,11-12H,5-8,10H2,(H,19,26). The molecule has 2 amide bonds. The Morgan fingerprint density at radius 1 is 1.15 bits per heavy atom. The predicted octanol–water partition coefficient (Wildman–Crippen LogP) is 1.30. The summed E-state index contributed by atoms with van der Waals surface area (Å²) in [5.74, 6) is -0.282. The van der Waals surface area contributed by atoms with Gasteiger partial charge in [-0.05, 0) is 17.7 Å². The first-order valence-corrected chi connectivity index (χ1v) is 8.37. The summed E-state index contributed by atoms with van der Waals surface area (Å²) in [6, 6.07) is 7.94. The second kappa shape index (κ2) is 6.95. The Balaban J connectivity index is 1.31. The normalized spacial score (nSPS) is 14.7. The second-order valence-corrected chi connectivity index (χ2v) is 6.11. The molecule has 0 radical (unpaired) electrons. The number of urea groups is 1. The van der Waals surface area contributed by atoms with Crippen molar-refractivity contribution in [2.75, 3.05) is 31.1 Å². The molecule has 9 heteroatoms. The van der Waals surface area contributed by atoms with Crippen molar-refractivity contribution in [3.05, 3.63) is 54.2 Å². The van der Waals surface area contributed by atoms with Crippen molar-refractivity contribution in [2.24, 2.45) is 0 Å². The summed E-state index contributed by atoms with van der Waals surface area (Å²) in [7, 11) is 0. The van der Waals surface area contributed by atoms with Gasteiger partial charge in [-0.15, -0.1) is 10.2 Å². The molecule has 4 rings (SSSR count). The van der Waals surface area contributed by atoms with Crippen LogP contribution in [0.3, 0.4) is 0 Å². The highest BCUT2D eigenvalue weighted by atomic mass is 19.1. The summed E-state index contributed by atoms with van der Waals surface area (Å²) >= 11 is 0. The van der Waals surface area contributed by atoms with E-state index in [2.05, 4.69) is 25.5 Å². The average Bonchev–Trinajstić information content (AvgIpc) is 3.15. The van der Waals surface area contributed by atoms with Crippen LogP contribution in [0.1, 0.15) is 5.56 Å². The monoisotopic (exact) mass is 355 g/mol. The third kappa shape index (κ3) is 3.41. The average molecular weight is 355 g/mol. The molecule has 0 unspecified atom stereocenters. The third-order valence-electron chi connectivity index (χ3n) is 4.44. The summed E-state index contributed by atoms with van der Waals surface area (Å²) < 4.78 is 14.5. The van der Waals surface area contributed by atoms with Gasteiger partial charge >= 0.3 is 6.03 Å². The minimum atomic E-state index is -0.282. The van der Waals surface area contributed by atoms with Crippen molar-refractivity contribution in [1.82, 2.24) is 30.0 Å². The molecule has 3 heterocycles. The number of halogens is 1. The zero-order valence-electron chi connectivity index (χ0n) is 14.0. The molecular weight excluding hydrogens is 337 g/mol. The van der Waals surface area contributed by atoms with E-state index in [0.717, 1.165) is 24.3 Å². The van der Waals surface area contributed by atoms with Crippen molar-refractivity contribution < 1.29 is 9.18 Å². The van der Waals surface area contributed by atoms with E-state index < -0.39 is 0 Å². The van der Waals surface area contributed by atoms with E-state index in [1.165, 1.54) is 12.1 Å². The minimum Gasteiger partial charge on any atom is -0.367 e. The number of carbonyl (C=O) groups excluding carboxylic acids is 1. The molecule has 134 valence electrons. The van der Waals surface area contributed by atoms with Crippen molar-refractivity contribution >= 4 is 17.4 Å². The van der Waals surface area contributed by atoms with Gasteiger partial charge in [0.15, 0.2) is 5.65 Å². The molecule has 1 N–H and O–H groups in total. The van der Waals surface area contributed by atoms with Crippen LogP contribution in [0.15, 0.2) is 42.9 Å². The van der Waals surface area contributed by atoms with Crippen LogP contribution in [0, 0.1) is 5.82 Å². The van der Waals surface area contributed by atoms with Gasteiger partial charge in [0.05, 0.1) is 11.9 Å². The highest BCUT2D eigenvalue weighted by Gasteiger charge is 2.21. The first-order chi connectivity index (χ1) is 12.7. The minimum absolute atomic E-state index is 0.111. The van der Waals surface area contributed by atoms with Crippen molar-refractivity contribution in [2.45, 2.75) is 6.54 Å². The SMILES string of the molecule is O=C(NCc1ccc(F)cc1)N1CCN(c2cnn3cnnc3c2)CC1. The number of fused-ring (bicyclic) bond motifs is 1. The summed E-state index contributed by atoms with van der Waals surface area (Å²) in [5, 5.41) is 15.0. The summed E-state index contributed by atoms with van der Waals surface area (Å²) in [5.41, 5.74) is 2.53. The molecule has 1 fully saturated rings. The van der Waals surface area contributed by atoms with Crippen LogP contribution in [0.25, 0.3) is 5.65 Å². The Hall–Kier alpha value is -3.23. The Kier molecular flexibility index (Phi) is 4.34. The van der Waals surface area contributed by atoms with Gasteiger partial charge in [-0.25, -0.2) is 13.7 Å². The molecular formula is C17H18FN7O. The van der Waals surface area contributed by atoms with Gasteiger partial charge in [-0.3, -0.25) is 0 Å². The van der Waals surface area contributed by atoms with Gasteiger partial charge < -0.3 is 15.1 Å². The van der Waals surface area contributed by atoms with E-state index >= 15 is 0 Å². The second-order valence-electron chi connectivity index (χ2n) is 6.11. The highest BCUT2D eigenvalue weighted by molar-refractivity contribution is 5.74. The molecule has 0 atom stereocenters. The Labute approximate surface area is 149 Å². The molecule has 2 aromatic heterocycles. The van der Waals surface area contributed by atoms with Crippen molar-refractivity contribution in [1.29, 1.82) is 0 Å². The lowest BCUT2D eigenvalue weighted by atomic mass is 10.2. The fourth-order valence-electron chi connectivity index (χ4n) is 2.95. The van der Waals surface area contributed by atoms with E-state index in [4.69, 9.17) is 0 Å². The van der Waals surface area contributed by atoms with Crippen LogP contribution in [-0.4, -0.2) is 56.9 Å². The molecule has 1 saturated heterocycles. The van der Waals surface area contributed by atoms with Gasteiger partial charge in [-0.2, -0.15) is 5.10 Å². The largest absolute Gasteiger partial charge is 0.367 e. The quantitative estimate of drug-likeness (QED) is 0.766. The molecule has 1 aliphatic rings. The van der Waals surface area contributed by atoms with Crippen molar-refractivity contribution in [3.8, 4) is 0 Å². The lowest BCUT2D eigenvalue weighted by Crippen LogP contribution is -2.51. The first kappa shape index (κ1) is 16.2. The van der Waals surface area contributed by atoms with Crippen molar-refractivity contribution in [3.63, 3.8) is 0 Å². The van der Waals surface area contributed by atoms with Crippen LogP contribution >= 0.6 is 0 Å². The Morgan fingerprint density at radius 2 is 1.92 bits per heavy atom. The number of anilines is 1. The number of rotatable bonds is 3. The summed E-state index contributed by atoms with van der Waals surface area (Å²) in [4.78, 5) is 16.3.